The van der Waals surface area contributed by atoms with Crippen LogP contribution in [0.5, 0.6) is 5.75 Å². The van der Waals surface area contributed by atoms with E-state index >= 15 is 0 Å². The third-order valence-corrected chi connectivity index (χ3v) is 6.61. The molecule has 0 bridgehead atoms. The van der Waals surface area contributed by atoms with Crippen LogP contribution in [0.15, 0.2) is 48.5 Å². The zero-order valence-corrected chi connectivity index (χ0v) is 20.6. The molecule has 2 aromatic carbocycles. The van der Waals surface area contributed by atoms with Crippen LogP contribution in [0.4, 0.5) is 11.4 Å². The van der Waals surface area contributed by atoms with Gasteiger partial charge in [-0.1, -0.05) is 0 Å². The maximum Gasteiger partial charge on any atom is 0.277 e. The number of benzene rings is 2. The van der Waals surface area contributed by atoms with Gasteiger partial charge in [-0.3, -0.25) is 9.59 Å². The summed E-state index contributed by atoms with van der Waals surface area (Å²) in [4.78, 5) is 40.1. The second-order valence-electron chi connectivity index (χ2n) is 8.78. The van der Waals surface area contributed by atoms with E-state index in [9.17, 15) is 9.59 Å². The number of carbonyl (C=O) groups is 2. The van der Waals surface area contributed by atoms with Gasteiger partial charge in [0.25, 0.3) is 5.91 Å². The molecule has 2 aliphatic heterocycles. The van der Waals surface area contributed by atoms with Gasteiger partial charge >= 0.3 is 0 Å². The number of anilines is 2. The summed E-state index contributed by atoms with van der Waals surface area (Å²) < 4.78 is 6.95. The summed E-state index contributed by atoms with van der Waals surface area (Å²) in [5.74, 6) is 0.738. The maximum atomic E-state index is 13.8. The number of nitrogens with zero attached hydrogens (tertiary/aromatic N) is 4. The molecule has 0 atom stereocenters. The summed E-state index contributed by atoms with van der Waals surface area (Å²) in [5.41, 5.74) is 4.46. The van der Waals surface area contributed by atoms with Crippen molar-refractivity contribution in [3.63, 3.8) is 0 Å². The summed E-state index contributed by atoms with van der Waals surface area (Å²) in [6, 6.07) is 15.1. The Morgan fingerprint density at radius 2 is 1.53 bits per heavy atom. The first-order chi connectivity index (χ1) is 17.6. The second-order valence-corrected chi connectivity index (χ2v) is 8.78. The summed E-state index contributed by atoms with van der Waals surface area (Å²) in [7, 11) is 1.61. The van der Waals surface area contributed by atoms with Gasteiger partial charge in [0.15, 0.2) is 0 Å². The predicted molar refractivity (Wildman–Crippen MR) is 135 cm³/mol. The van der Waals surface area contributed by atoms with Crippen molar-refractivity contribution in [2.75, 3.05) is 36.6 Å². The van der Waals surface area contributed by atoms with E-state index in [4.69, 9.17) is 19.6 Å². The van der Waals surface area contributed by atoms with E-state index in [-0.39, 0.29) is 18.4 Å². The molecule has 0 unspecified atom stereocenters. The Kier molecular flexibility index (Phi) is 7.02. The lowest BCUT2D eigenvalue weighted by Gasteiger charge is -2.30. The minimum absolute atomic E-state index is 0.135. The molecule has 5 rings (SSSR count). The molecule has 0 saturated carbocycles. The number of ether oxygens (including phenoxy) is 1. The number of aromatic nitrogens is 2. The van der Waals surface area contributed by atoms with Crippen LogP contribution in [-0.2, 0) is 27.6 Å². The fraction of sp³-hybridized carbons (Fsp3) is 0.370. The first kappa shape index (κ1) is 24.0. The van der Waals surface area contributed by atoms with Gasteiger partial charge in [0.1, 0.15) is 18.1 Å². The molecule has 0 N–H and O–H groups in total. The molecule has 3 heterocycles. The normalized spacial score (nSPS) is 15.8. The van der Waals surface area contributed by atoms with Gasteiger partial charge in [0.05, 0.1) is 25.1 Å². The Bertz CT molecular complexity index is 1240. The summed E-state index contributed by atoms with van der Waals surface area (Å²) in [6.45, 7) is 3.68. The number of methoxy groups -OCH3 is 1. The molecule has 0 radical (unpaired) electrons. The SMILES string of the molecule is CCOOCc1nn(-c2ccc(OC)cc2)c2c1CCN(c1ccc(N3CCCCC3=O)cc1)C2=O. The topological polar surface area (TPSA) is 86.1 Å². The Balaban J connectivity index is 1.46. The summed E-state index contributed by atoms with van der Waals surface area (Å²) in [6.07, 6.45) is 3.16. The maximum absolute atomic E-state index is 13.8. The molecule has 0 aliphatic carbocycles. The highest BCUT2D eigenvalue weighted by Crippen LogP contribution is 2.31. The van der Waals surface area contributed by atoms with Crippen LogP contribution in [0.25, 0.3) is 5.69 Å². The van der Waals surface area contributed by atoms with Crippen LogP contribution in [0.1, 0.15) is 47.9 Å². The molecule has 1 fully saturated rings. The highest BCUT2D eigenvalue weighted by atomic mass is 17.2. The lowest BCUT2D eigenvalue weighted by atomic mass is 10.0. The molecule has 3 aromatic rings. The standard InChI is InChI=1S/C27H30N4O5/c1-3-35-36-18-24-23-15-17-30(20-9-7-19(8-10-20)29-16-5-4-6-25(29)32)27(33)26(23)31(28-24)21-11-13-22(34-2)14-12-21/h7-14H,3-6,15-18H2,1-2H3. The van der Waals surface area contributed by atoms with Crippen molar-refractivity contribution in [1.29, 1.82) is 0 Å². The number of amides is 2. The van der Waals surface area contributed by atoms with E-state index in [0.717, 1.165) is 47.8 Å². The monoisotopic (exact) mass is 490 g/mol. The van der Waals surface area contributed by atoms with E-state index in [1.165, 1.54) is 0 Å². The van der Waals surface area contributed by atoms with Crippen molar-refractivity contribution >= 4 is 23.2 Å². The van der Waals surface area contributed by atoms with Crippen molar-refractivity contribution in [1.82, 2.24) is 9.78 Å². The van der Waals surface area contributed by atoms with Crippen LogP contribution in [-0.4, -0.2) is 48.4 Å². The van der Waals surface area contributed by atoms with Crippen LogP contribution in [0.3, 0.4) is 0 Å². The predicted octanol–water partition coefficient (Wildman–Crippen LogP) is 4.07. The number of carbonyl (C=O) groups excluding carboxylic acids is 2. The van der Waals surface area contributed by atoms with Gasteiger partial charge in [0.2, 0.25) is 5.91 Å². The zero-order valence-electron chi connectivity index (χ0n) is 20.6. The van der Waals surface area contributed by atoms with E-state index < -0.39 is 0 Å². The average molecular weight is 491 g/mol. The minimum Gasteiger partial charge on any atom is -0.497 e. The van der Waals surface area contributed by atoms with E-state index in [1.807, 2.05) is 60.4 Å². The van der Waals surface area contributed by atoms with E-state index in [1.54, 1.807) is 16.7 Å². The molecule has 1 saturated heterocycles. The molecule has 9 nitrogen and oxygen atoms in total. The Labute approximate surface area is 210 Å². The van der Waals surface area contributed by atoms with Gasteiger partial charge in [-0.05, 0) is 74.7 Å². The fourth-order valence-corrected chi connectivity index (χ4v) is 4.78. The zero-order chi connectivity index (χ0) is 25.1. The number of hydrogen-bond acceptors (Lipinski definition) is 6. The van der Waals surface area contributed by atoms with E-state index in [0.29, 0.717) is 37.4 Å². The van der Waals surface area contributed by atoms with Gasteiger partial charge in [0, 0.05) is 36.4 Å². The van der Waals surface area contributed by atoms with Gasteiger partial charge in [-0.15, -0.1) is 0 Å². The molecule has 36 heavy (non-hydrogen) atoms. The second kappa shape index (κ2) is 10.5. The number of hydrogen-bond donors (Lipinski definition) is 0. The highest BCUT2D eigenvalue weighted by Gasteiger charge is 2.33. The fourth-order valence-electron chi connectivity index (χ4n) is 4.78. The molecule has 9 heteroatoms. The first-order valence-electron chi connectivity index (χ1n) is 12.3. The van der Waals surface area contributed by atoms with Gasteiger partial charge in [-0.2, -0.15) is 5.10 Å². The van der Waals surface area contributed by atoms with Gasteiger partial charge < -0.3 is 14.5 Å². The van der Waals surface area contributed by atoms with Crippen molar-refractivity contribution in [3.05, 3.63) is 65.5 Å². The quantitative estimate of drug-likeness (QED) is 0.269. The van der Waals surface area contributed by atoms with Crippen LogP contribution < -0.4 is 14.5 Å². The average Bonchev–Trinajstić information content (AvgIpc) is 3.29. The van der Waals surface area contributed by atoms with Crippen molar-refractivity contribution in [2.24, 2.45) is 0 Å². The van der Waals surface area contributed by atoms with E-state index in [2.05, 4.69) is 0 Å². The Morgan fingerprint density at radius 3 is 2.19 bits per heavy atom. The smallest absolute Gasteiger partial charge is 0.277 e. The number of piperidine rings is 1. The van der Waals surface area contributed by atoms with Crippen LogP contribution in [0.2, 0.25) is 0 Å². The third-order valence-electron chi connectivity index (χ3n) is 6.61. The van der Waals surface area contributed by atoms with Crippen LogP contribution >= 0.6 is 0 Å². The minimum atomic E-state index is -0.135. The molecule has 2 amide bonds. The molecule has 2 aliphatic rings. The first-order valence-corrected chi connectivity index (χ1v) is 12.3. The molecular weight excluding hydrogens is 460 g/mol. The lowest BCUT2D eigenvalue weighted by molar-refractivity contribution is -0.301. The third kappa shape index (κ3) is 4.59. The Morgan fingerprint density at radius 1 is 0.833 bits per heavy atom. The van der Waals surface area contributed by atoms with Crippen molar-refractivity contribution < 1.29 is 24.1 Å². The van der Waals surface area contributed by atoms with Crippen molar-refractivity contribution in [2.45, 2.75) is 39.2 Å². The number of fused-ring (bicyclic) bond motifs is 1. The molecule has 188 valence electrons. The molecule has 1 aromatic heterocycles. The highest BCUT2D eigenvalue weighted by molar-refractivity contribution is 6.07. The molecular formula is C27H30N4O5. The lowest BCUT2D eigenvalue weighted by Crippen LogP contribution is -2.39. The van der Waals surface area contributed by atoms with Crippen LogP contribution in [0, 0.1) is 0 Å². The summed E-state index contributed by atoms with van der Waals surface area (Å²) >= 11 is 0. The molecule has 0 spiro atoms. The van der Waals surface area contributed by atoms with Crippen molar-refractivity contribution in [3.8, 4) is 11.4 Å². The van der Waals surface area contributed by atoms with Gasteiger partial charge in [-0.25, -0.2) is 14.5 Å². The Hall–Kier alpha value is -3.69. The largest absolute Gasteiger partial charge is 0.497 e. The summed E-state index contributed by atoms with van der Waals surface area (Å²) in [5, 5.41) is 4.73. The number of rotatable bonds is 8.